The first kappa shape index (κ1) is 7.36. The topological polar surface area (TPSA) is 61.5 Å². The van der Waals surface area contributed by atoms with E-state index in [1.54, 1.807) is 6.20 Å². The molecule has 5 heteroatoms. The molecule has 0 amide bonds. The molecule has 2 aromatic rings. The van der Waals surface area contributed by atoms with Gasteiger partial charge in [0, 0.05) is 12.1 Å². The number of alkyl halides is 1. The lowest BCUT2D eigenvalue weighted by atomic mass is 10.3. The first-order valence-electron chi connectivity index (χ1n) is 3.42. The molecule has 0 atom stereocenters. The Labute approximate surface area is 72.6 Å². The Bertz CT molecular complexity index is 459. The highest BCUT2D eigenvalue weighted by molar-refractivity contribution is 6.17. The summed E-state index contributed by atoms with van der Waals surface area (Å²) in [5.74, 6) is 0.314. The van der Waals surface area contributed by atoms with Crippen LogP contribution in [0.15, 0.2) is 17.3 Å². The number of fused-ring (bicyclic) bond motifs is 1. The summed E-state index contributed by atoms with van der Waals surface area (Å²) >= 11 is 5.62. The van der Waals surface area contributed by atoms with E-state index in [2.05, 4.69) is 15.0 Å². The maximum atomic E-state index is 11.2. The van der Waals surface area contributed by atoms with Crippen LogP contribution < -0.4 is 5.56 Å². The summed E-state index contributed by atoms with van der Waals surface area (Å²) in [7, 11) is 0. The van der Waals surface area contributed by atoms with Crippen molar-refractivity contribution in [1.82, 2.24) is 15.0 Å². The van der Waals surface area contributed by atoms with E-state index in [1.807, 2.05) is 0 Å². The number of aromatic amines is 2. The molecule has 0 bridgehead atoms. The van der Waals surface area contributed by atoms with Crippen molar-refractivity contribution in [2.75, 3.05) is 0 Å². The van der Waals surface area contributed by atoms with Crippen LogP contribution in [-0.2, 0) is 5.88 Å². The molecule has 2 aromatic heterocycles. The summed E-state index contributed by atoms with van der Waals surface area (Å²) in [6.07, 6.45) is 3.05. The van der Waals surface area contributed by atoms with Crippen LogP contribution in [0, 0.1) is 0 Å². The number of aromatic nitrogens is 3. The molecule has 2 heterocycles. The van der Waals surface area contributed by atoms with Gasteiger partial charge in [0.1, 0.15) is 5.65 Å². The maximum Gasteiger partial charge on any atom is 0.260 e. The molecule has 62 valence electrons. The molecule has 0 aliphatic rings. The van der Waals surface area contributed by atoms with Crippen LogP contribution in [0.25, 0.3) is 11.0 Å². The third kappa shape index (κ3) is 0.921. The van der Waals surface area contributed by atoms with E-state index in [9.17, 15) is 4.79 Å². The highest BCUT2D eigenvalue weighted by Gasteiger charge is 2.05. The number of nitrogens with zero attached hydrogens (tertiary/aromatic N) is 1. The number of halogens is 1. The zero-order valence-corrected chi connectivity index (χ0v) is 6.85. The fourth-order valence-corrected chi connectivity index (χ4v) is 1.35. The van der Waals surface area contributed by atoms with Crippen LogP contribution in [0.2, 0.25) is 0 Å². The van der Waals surface area contributed by atoms with Crippen LogP contribution >= 0.6 is 11.6 Å². The third-order valence-corrected chi connectivity index (χ3v) is 1.99. The highest BCUT2D eigenvalue weighted by Crippen LogP contribution is 2.12. The molecule has 2 N–H and O–H groups in total. The Hall–Kier alpha value is -1.29. The average Bonchev–Trinajstić information content (AvgIpc) is 2.49. The zero-order valence-electron chi connectivity index (χ0n) is 6.10. The SMILES string of the molecule is O=c1[nH]cnc2[nH]cc(CCl)c12. The monoisotopic (exact) mass is 183 g/mol. The van der Waals surface area contributed by atoms with Crippen LogP contribution in [-0.4, -0.2) is 15.0 Å². The summed E-state index contributed by atoms with van der Waals surface area (Å²) in [5.41, 5.74) is 1.20. The van der Waals surface area contributed by atoms with Crippen molar-refractivity contribution >= 4 is 22.6 Å². The predicted molar refractivity (Wildman–Crippen MR) is 46.3 cm³/mol. The molecule has 0 spiro atoms. The Balaban J connectivity index is 2.92. The molecular weight excluding hydrogens is 178 g/mol. The number of hydrogen-bond acceptors (Lipinski definition) is 2. The quantitative estimate of drug-likeness (QED) is 0.648. The van der Waals surface area contributed by atoms with Crippen molar-refractivity contribution in [3.63, 3.8) is 0 Å². The van der Waals surface area contributed by atoms with Crippen LogP contribution in [0.3, 0.4) is 0 Å². The van der Waals surface area contributed by atoms with E-state index in [0.717, 1.165) is 5.56 Å². The molecule has 0 unspecified atom stereocenters. The van der Waals surface area contributed by atoms with Gasteiger partial charge in [0.25, 0.3) is 5.56 Å². The molecular formula is C7H6ClN3O. The van der Waals surface area contributed by atoms with E-state index in [0.29, 0.717) is 16.9 Å². The summed E-state index contributed by atoms with van der Waals surface area (Å²) in [6.45, 7) is 0. The smallest absolute Gasteiger partial charge is 0.260 e. The molecule has 0 aliphatic carbocycles. The van der Waals surface area contributed by atoms with Crippen molar-refractivity contribution in [2.24, 2.45) is 0 Å². The van der Waals surface area contributed by atoms with Crippen LogP contribution in [0.4, 0.5) is 0 Å². The number of hydrogen-bond donors (Lipinski definition) is 2. The fourth-order valence-electron chi connectivity index (χ4n) is 1.14. The number of rotatable bonds is 1. The van der Waals surface area contributed by atoms with Crippen LogP contribution in [0.5, 0.6) is 0 Å². The molecule has 0 fully saturated rings. The molecule has 0 aromatic carbocycles. The van der Waals surface area contributed by atoms with E-state index >= 15 is 0 Å². The van der Waals surface area contributed by atoms with Gasteiger partial charge < -0.3 is 9.97 Å². The van der Waals surface area contributed by atoms with Crippen molar-refractivity contribution in [2.45, 2.75) is 5.88 Å². The number of H-pyrrole nitrogens is 2. The standard InChI is InChI=1S/C7H6ClN3O/c8-1-4-2-9-6-5(4)7(12)11-3-10-6/h2-3H,1H2,(H2,9,10,11,12). The van der Waals surface area contributed by atoms with Gasteiger partial charge in [0.15, 0.2) is 0 Å². The molecule has 12 heavy (non-hydrogen) atoms. The molecule has 0 aliphatic heterocycles. The fraction of sp³-hybridized carbons (Fsp3) is 0.143. The second-order valence-corrected chi connectivity index (χ2v) is 2.67. The molecule has 0 radical (unpaired) electrons. The van der Waals surface area contributed by atoms with Gasteiger partial charge in [-0.1, -0.05) is 0 Å². The normalized spacial score (nSPS) is 10.8. The minimum Gasteiger partial charge on any atom is -0.346 e. The second-order valence-electron chi connectivity index (χ2n) is 2.40. The summed E-state index contributed by atoms with van der Waals surface area (Å²) in [5, 5.41) is 0.549. The minimum absolute atomic E-state index is 0.156. The summed E-state index contributed by atoms with van der Waals surface area (Å²) in [4.78, 5) is 20.5. The number of nitrogens with one attached hydrogen (secondary N) is 2. The van der Waals surface area contributed by atoms with Crippen molar-refractivity contribution in [3.8, 4) is 0 Å². The maximum absolute atomic E-state index is 11.2. The van der Waals surface area contributed by atoms with Crippen molar-refractivity contribution in [1.29, 1.82) is 0 Å². The lowest BCUT2D eigenvalue weighted by molar-refractivity contribution is 1.16. The van der Waals surface area contributed by atoms with Gasteiger partial charge in [-0.15, -0.1) is 11.6 Å². The van der Waals surface area contributed by atoms with Crippen molar-refractivity contribution in [3.05, 3.63) is 28.4 Å². The lowest BCUT2D eigenvalue weighted by Gasteiger charge is -1.88. The van der Waals surface area contributed by atoms with Crippen LogP contribution in [0.1, 0.15) is 5.56 Å². The third-order valence-electron chi connectivity index (χ3n) is 1.70. The Morgan fingerprint density at radius 2 is 2.33 bits per heavy atom. The molecule has 0 saturated heterocycles. The van der Waals surface area contributed by atoms with Gasteiger partial charge in [0.05, 0.1) is 11.7 Å². The lowest BCUT2D eigenvalue weighted by Crippen LogP contribution is -2.06. The molecule has 4 nitrogen and oxygen atoms in total. The van der Waals surface area contributed by atoms with E-state index < -0.39 is 0 Å². The van der Waals surface area contributed by atoms with E-state index in [1.165, 1.54) is 6.33 Å². The first-order chi connectivity index (χ1) is 5.83. The van der Waals surface area contributed by atoms with Gasteiger partial charge in [-0.3, -0.25) is 4.79 Å². The Morgan fingerprint density at radius 1 is 1.50 bits per heavy atom. The van der Waals surface area contributed by atoms with Crippen molar-refractivity contribution < 1.29 is 0 Å². The van der Waals surface area contributed by atoms with Gasteiger partial charge in [-0.2, -0.15) is 0 Å². The Morgan fingerprint density at radius 3 is 3.08 bits per heavy atom. The van der Waals surface area contributed by atoms with E-state index in [4.69, 9.17) is 11.6 Å². The van der Waals surface area contributed by atoms with E-state index in [-0.39, 0.29) is 5.56 Å². The minimum atomic E-state index is -0.156. The highest BCUT2D eigenvalue weighted by atomic mass is 35.5. The average molecular weight is 184 g/mol. The van der Waals surface area contributed by atoms with Gasteiger partial charge in [-0.25, -0.2) is 4.98 Å². The largest absolute Gasteiger partial charge is 0.346 e. The summed E-state index contributed by atoms with van der Waals surface area (Å²) in [6, 6.07) is 0. The second kappa shape index (κ2) is 2.64. The molecule has 2 rings (SSSR count). The van der Waals surface area contributed by atoms with Gasteiger partial charge in [0.2, 0.25) is 0 Å². The first-order valence-corrected chi connectivity index (χ1v) is 3.96. The zero-order chi connectivity index (χ0) is 8.55. The Kier molecular flexibility index (Phi) is 1.62. The van der Waals surface area contributed by atoms with Gasteiger partial charge >= 0.3 is 0 Å². The molecule has 0 saturated carbocycles. The predicted octanol–water partition coefficient (Wildman–Crippen LogP) is 0.990. The summed E-state index contributed by atoms with van der Waals surface area (Å²) < 4.78 is 0. The van der Waals surface area contributed by atoms with Gasteiger partial charge in [-0.05, 0) is 5.56 Å².